The summed E-state index contributed by atoms with van der Waals surface area (Å²) in [6, 6.07) is 0. The zero-order chi connectivity index (χ0) is 6.24. The van der Waals surface area contributed by atoms with E-state index in [9.17, 15) is 0 Å². The minimum absolute atomic E-state index is 0. The molecule has 0 amide bonds. The predicted octanol–water partition coefficient (Wildman–Crippen LogP) is 3.55. The van der Waals surface area contributed by atoms with Crippen LogP contribution in [0.5, 0.6) is 0 Å². The maximum Gasteiger partial charge on any atom is -0.0353 e. The van der Waals surface area contributed by atoms with E-state index in [0.717, 1.165) is 12.8 Å². The Labute approximate surface area is 59.3 Å². The first-order valence-electron chi connectivity index (χ1n) is 3.13. The smallest absolute Gasteiger partial charge is 0.0353 e. The number of rotatable bonds is 5. The number of allylic oxidation sites excluding steroid dienone is 2. The molecular formula is C9H18. The average molecular weight is 126 g/mol. The Morgan fingerprint density at radius 3 is 1.44 bits per heavy atom. The van der Waals surface area contributed by atoms with Crippen molar-refractivity contribution in [2.75, 3.05) is 0 Å². The van der Waals surface area contributed by atoms with Gasteiger partial charge in [0.1, 0.15) is 0 Å². The molecule has 0 heteroatoms. The summed E-state index contributed by atoms with van der Waals surface area (Å²) in [5, 5.41) is 0. The molecule has 0 aliphatic carbocycles. The number of hydrogen-bond donors (Lipinski definition) is 0. The van der Waals surface area contributed by atoms with Gasteiger partial charge in [0, 0.05) is 0 Å². The van der Waals surface area contributed by atoms with Crippen LogP contribution in [0.2, 0.25) is 0 Å². The normalized spacial score (nSPS) is 7.56. The monoisotopic (exact) mass is 126 g/mol. The van der Waals surface area contributed by atoms with Gasteiger partial charge in [-0.05, 0) is 25.7 Å². The molecule has 0 N–H and O–H groups in total. The summed E-state index contributed by atoms with van der Waals surface area (Å²) >= 11 is 0. The van der Waals surface area contributed by atoms with Crippen LogP contribution in [-0.2, 0) is 0 Å². The van der Waals surface area contributed by atoms with E-state index in [2.05, 4.69) is 13.2 Å². The lowest BCUT2D eigenvalue weighted by Gasteiger charge is -1.89. The highest BCUT2D eigenvalue weighted by Gasteiger charge is 1.79. The van der Waals surface area contributed by atoms with E-state index in [0.29, 0.717) is 0 Å². The Kier molecular flexibility index (Phi) is 13.1. The molecule has 0 atom stereocenters. The van der Waals surface area contributed by atoms with Crippen LogP contribution in [0.15, 0.2) is 25.3 Å². The number of unbranched alkanes of at least 4 members (excludes halogenated alkanes) is 3. The zero-order valence-electron chi connectivity index (χ0n) is 5.40. The fraction of sp³-hybridized carbons (Fsp3) is 0.556. The highest BCUT2D eigenvalue weighted by atomic mass is 13.9. The first kappa shape index (κ1) is 11.3. The third-order valence-corrected chi connectivity index (χ3v) is 1.07. The lowest BCUT2D eigenvalue weighted by Crippen LogP contribution is -1.69. The fourth-order valence-electron chi connectivity index (χ4n) is 0.577. The van der Waals surface area contributed by atoms with Crippen LogP contribution in [0.1, 0.15) is 33.1 Å². The van der Waals surface area contributed by atoms with Crippen molar-refractivity contribution in [3.05, 3.63) is 25.3 Å². The zero-order valence-corrected chi connectivity index (χ0v) is 5.40. The lowest BCUT2D eigenvalue weighted by molar-refractivity contribution is 0.764. The lowest BCUT2D eigenvalue weighted by atomic mass is 10.2. The van der Waals surface area contributed by atoms with Crippen molar-refractivity contribution < 1.29 is 0 Å². The van der Waals surface area contributed by atoms with E-state index in [1.165, 1.54) is 12.8 Å². The van der Waals surface area contributed by atoms with Crippen molar-refractivity contribution in [2.24, 2.45) is 0 Å². The second-order valence-corrected chi connectivity index (χ2v) is 1.86. The molecule has 0 fully saturated rings. The van der Waals surface area contributed by atoms with Crippen LogP contribution >= 0.6 is 0 Å². The molecule has 0 aromatic rings. The van der Waals surface area contributed by atoms with Crippen LogP contribution in [0.25, 0.3) is 0 Å². The molecule has 0 spiro atoms. The van der Waals surface area contributed by atoms with Crippen LogP contribution < -0.4 is 0 Å². The number of hydrogen-bond acceptors (Lipinski definition) is 0. The summed E-state index contributed by atoms with van der Waals surface area (Å²) in [6.45, 7) is 7.26. The van der Waals surface area contributed by atoms with E-state index in [1.807, 2.05) is 12.2 Å². The van der Waals surface area contributed by atoms with E-state index in [-0.39, 0.29) is 7.43 Å². The molecule has 0 saturated carbocycles. The van der Waals surface area contributed by atoms with Gasteiger partial charge in [0.2, 0.25) is 0 Å². The first-order chi connectivity index (χ1) is 3.91. The summed E-state index contributed by atoms with van der Waals surface area (Å²) in [7, 11) is 0. The van der Waals surface area contributed by atoms with Gasteiger partial charge in [0.25, 0.3) is 0 Å². The van der Waals surface area contributed by atoms with Gasteiger partial charge in [0.05, 0.1) is 0 Å². The average Bonchev–Trinajstić information content (AvgIpc) is 1.81. The van der Waals surface area contributed by atoms with Crippen molar-refractivity contribution in [2.45, 2.75) is 33.1 Å². The van der Waals surface area contributed by atoms with Gasteiger partial charge in [-0.25, -0.2) is 0 Å². The Hall–Kier alpha value is -0.520. The molecule has 0 unspecified atom stereocenters. The molecule has 0 aliphatic heterocycles. The van der Waals surface area contributed by atoms with Crippen LogP contribution in [0.3, 0.4) is 0 Å². The third kappa shape index (κ3) is 11.2. The molecule has 0 heterocycles. The van der Waals surface area contributed by atoms with Gasteiger partial charge in [-0.3, -0.25) is 0 Å². The molecule has 0 nitrogen and oxygen atoms in total. The van der Waals surface area contributed by atoms with Gasteiger partial charge < -0.3 is 0 Å². The second-order valence-electron chi connectivity index (χ2n) is 1.86. The molecule has 0 radical (unpaired) electrons. The van der Waals surface area contributed by atoms with Crippen molar-refractivity contribution in [1.82, 2.24) is 0 Å². The van der Waals surface area contributed by atoms with Crippen molar-refractivity contribution in [3.63, 3.8) is 0 Å². The van der Waals surface area contributed by atoms with E-state index >= 15 is 0 Å². The first-order valence-corrected chi connectivity index (χ1v) is 3.13. The summed E-state index contributed by atoms with van der Waals surface area (Å²) in [5.41, 5.74) is 0. The van der Waals surface area contributed by atoms with Gasteiger partial charge in [-0.1, -0.05) is 19.6 Å². The minimum Gasteiger partial charge on any atom is -0.103 e. The minimum atomic E-state index is 0. The molecular weight excluding hydrogens is 108 g/mol. The van der Waals surface area contributed by atoms with Crippen LogP contribution in [0.4, 0.5) is 0 Å². The second kappa shape index (κ2) is 10.5. The van der Waals surface area contributed by atoms with Crippen molar-refractivity contribution in [3.8, 4) is 0 Å². The van der Waals surface area contributed by atoms with Crippen molar-refractivity contribution in [1.29, 1.82) is 0 Å². The van der Waals surface area contributed by atoms with Crippen LogP contribution in [-0.4, -0.2) is 0 Å². The third-order valence-electron chi connectivity index (χ3n) is 1.07. The van der Waals surface area contributed by atoms with E-state index in [4.69, 9.17) is 0 Å². The van der Waals surface area contributed by atoms with Gasteiger partial charge in [0.15, 0.2) is 0 Å². The Balaban J connectivity index is 0. The molecule has 0 rings (SSSR count). The SMILES string of the molecule is C.C=CCCCCC=C. The van der Waals surface area contributed by atoms with Gasteiger partial charge in [-0.15, -0.1) is 13.2 Å². The molecule has 0 aromatic heterocycles. The standard InChI is InChI=1S/C8H14.CH4/c1-3-5-7-8-6-4-2;/h3-4H,1-2,5-8H2;1H4. The summed E-state index contributed by atoms with van der Waals surface area (Å²) in [6.07, 6.45) is 8.74. The van der Waals surface area contributed by atoms with Crippen molar-refractivity contribution >= 4 is 0 Å². The quantitative estimate of drug-likeness (QED) is 0.390. The Bertz CT molecular complexity index is 52.4. The largest absolute Gasteiger partial charge is 0.103 e. The van der Waals surface area contributed by atoms with Gasteiger partial charge in [-0.2, -0.15) is 0 Å². The highest BCUT2D eigenvalue weighted by Crippen LogP contribution is 1.99. The van der Waals surface area contributed by atoms with Crippen LogP contribution in [0, 0.1) is 0 Å². The van der Waals surface area contributed by atoms with Gasteiger partial charge >= 0.3 is 0 Å². The summed E-state index contributed by atoms with van der Waals surface area (Å²) < 4.78 is 0. The summed E-state index contributed by atoms with van der Waals surface area (Å²) in [4.78, 5) is 0. The maximum absolute atomic E-state index is 3.63. The molecule has 0 aliphatic rings. The summed E-state index contributed by atoms with van der Waals surface area (Å²) in [5.74, 6) is 0. The Morgan fingerprint density at radius 1 is 0.889 bits per heavy atom. The molecule has 0 bridgehead atoms. The molecule has 0 saturated heterocycles. The van der Waals surface area contributed by atoms with E-state index in [1.54, 1.807) is 0 Å². The maximum atomic E-state index is 3.63. The predicted molar refractivity (Wildman–Crippen MR) is 45.6 cm³/mol. The molecule has 9 heavy (non-hydrogen) atoms. The Morgan fingerprint density at radius 2 is 1.22 bits per heavy atom. The molecule has 0 aromatic carbocycles. The molecule has 54 valence electrons. The highest BCUT2D eigenvalue weighted by molar-refractivity contribution is 4.69. The fourth-order valence-corrected chi connectivity index (χ4v) is 0.577. The topological polar surface area (TPSA) is 0 Å². The van der Waals surface area contributed by atoms with E-state index < -0.39 is 0 Å².